The highest BCUT2D eigenvalue weighted by Gasteiger charge is 2.30. The fourth-order valence-electron chi connectivity index (χ4n) is 1.20. The van der Waals surface area contributed by atoms with Crippen molar-refractivity contribution < 1.29 is 33.0 Å². The molecule has 7 nitrogen and oxygen atoms in total. The lowest BCUT2D eigenvalue weighted by Crippen LogP contribution is -2.22. The topological polar surface area (TPSA) is 99.1 Å². The summed E-state index contributed by atoms with van der Waals surface area (Å²) in [7, 11) is -0.346. The van der Waals surface area contributed by atoms with Gasteiger partial charge in [0.15, 0.2) is 0 Å². The minimum absolute atomic E-state index is 0.0278. The molecule has 0 aliphatic rings. The Bertz CT molecular complexity index is 314. The Morgan fingerprint density at radius 3 is 2.24 bits per heavy atom. The van der Waals surface area contributed by atoms with Crippen LogP contribution in [0.15, 0.2) is 0 Å². The molecular weight excluding hydrogens is 251 g/mol. The lowest BCUT2D eigenvalue weighted by atomic mass is 10.1. The van der Waals surface area contributed by atoms with Crippen LogP contribution in [0.25, 0.3) is 0 Å². The fourth-order valence-corrected chi connectivity index (χ4v) is 2.24. The molecule has 0 radical (unpaired) electrons. The molecule has 0 saturated carbocycles. The summed E-state index contributed by atoms with van der Waals surface area (Å²) in [4.78, 5) is 31.5. The van der Waals surface area contributed by atoms with Crippen molar-refractivity contribution in [2.75, 3.05) is 27.5 Å². The second-order valence-corrected chi connectivity index (χ2v) is 5.34. The number of esters is 2. The van der Waals surface area contributed by atoms with Crippen LogP contribution in [0.2, 0.25) is 0 Å². The van der Waals surface area contributed by atoms with Crippen LogP contribution in [0.4, 0.5) is 0 Å². The molecule has 0 bridgehead atoms. The van der Waals surface area contributed by atoms with Gasteiger partial charge in [-0.15, -0.1) is 0 Å². The molecule has 17 heavy (non-hydrogen) atoms. The third-order valence-electron chi connectivity index (χ3n) is 2.20. The zero-order chi connectivity index (χ0) is 13.5. The molecule has 2 unspecified atom stereocenters. The van der Waals surface area contributed by atoms with E-state index in [4.69, 9.17) is 0 Å². The Balaban J connectivity index is 4.50. The number of rotatable bonds is 7. The van der Waals surface area contributed by atoms with Gasteiger partial charge in [0.25, 0.3) is 0 Å². The summed E-state index contributed by atoms with van der Waals surface area (Å²) in [6.07, 6.45) is -0.333. The monoisotopic (exact) mass is 268 g/mol. The quantitative estimate of drug-likeness (QED) is 0.532. The van der Waals surface area contributed by atoms with Gasteiger partial charge in [0.05, 0.1) is 26.3 Å². The van der Waals surface area contributed by atoms with E-state index in [1.165, 1.54) is 14.2 Å². The second kappa shape index (κ2) is 7.42. The summed E-state index contributed by atoms with van der Waals surface area (Å²) in [5, 5.41) is 0. The predicted octanol–water partition coefficient (Wildman–Crippen LogP) is 0.561. The molecule has 0 aromatic carbocycles. The Labute approximate surface area is 99.6 Å². The molecule has 0 aliphatic carbocycles. The summed E-state index contributed by atoms with van der Waals surface area (Å²) >= 11 is 0. The van der Waals surface area contributed by atoms with E-state index in [1.807, 2.05) is 0 Å². The van der Waals surface area contributed by atoms with Gasteiger partial charge in [-0.1, -0.05) is 0 Å². The lowest BCUT2D eigenvalue weighted by Gasteiger charge is -2.16. The third kappa shape index (κ3) is 6.41. The fraction of sp³-hybridized carbons (Fsp3) is 0.778. The molecule has 2 atom stereocenters. The summed E-state index contributed by atoms with van der Waals surface area (Å²) < 4.78 is 24.6. The lowest BCUT2D eigenvalue weighted by molar-refractivity contribution is -0.146. The van der Waals surface area contributed by atoms with Gasteiger partial charge in [0.1, 0.15) is 0 Å². The number of carbonyl (C=O) groups is 2. The minimum atomic E-state index is -3.82. The molecule has 100 valence electrons. The maximum atomic E-state index is 11.3. The number of hydrogen-bond acceptors (Lipinski definition) is 6. The average Bonchev–Trinajstić information content (AvgIpc) is 2.32. The molecule has 0 amide bonds. The predicted molar refractivity (Wildman–Crippen MR) is 58.5 cm³/mol. The number of ether oxygens (including phenoxy) is 2. The van der Waals surface area contributed by atoms with Crippen LogP contribution in [0.1, 0.15) is 12.8 Å². The second-order valence-electron chi connectivity index (χ2n) is 3.34. The van der Waals surface area contributed by atoms with Crippen molar-refractivity contribution in [1.29, 1.82) is 0 Å². The van der Waals surface area contributed by atoms with Crippen molar-refractivity contribution in [2.24, 2.45) is 5.92 Å². The van der Waals surface area contributed by atoms with Gasteiger partial charge in [-0.25, -0.2) is 0 Å². The van der Waals surface area contributed by atoms with Crippen LogP contribution in [0, 0.1) is 5.92 Å². The summed E-state index contributed by atoms with van der Waals surface area (Å²) in [6, 6.07) is 0. The number of hydrogen-bond donors (Lipinski definition) is 1. The third-order valence-corrected chi connectivity index (χ3v) is 3.67. The first-order valence-corrected chi connectivity index (χ1v) is 6.64. The summed E-state index contributed by atoms with van der Waals surface area (Å²) in [5.41, 5.74) is 0. The zero-order valence-corrected chi connectivity index (χ0v) is 10.9. The molecule has 0 aliphatic heterocycles. The van der Waals surface area contributed by atoms with E-state index in [2.05, 4.69) is 14.0 Å². The van der Waals surface area contributed by atoms with Crippen molar-refractivity contribution in [3.63, 3.8) is 0 Å². The Morgan fingerprint density at radius 2 is 1.82 bits per heavy atom. The summed E-state index contributed by atoms with van der Waals surface area (Å²) in [5.74, 6) is -2.01. The standard InChI is InChI=1S/C9H17O7P/c1-14-8(10)5-4-7(9(11)15-2)6-17(12,13)16-3/h7H,4-6H2,1-3H3,(H,12,13). The molecule has 1 N–H and O–H groups in total. The largest absolute Gasteiger partial charge is 0.469 e. The first-order valence-electron chi connectivity index (χ1n) is 4.88. The van der Waals surface area contributed by atoms with E-state index in [9.17, 15) is 19.0 Å². The molecule has 8 heteroatoms. The van der Waals surface area contributed by atoms with Crippen molar-refractivity contribution in [3.8, 4) is 0 Å². The van der Waals surface area contributed by atoms with Gasteiger partial charge in [-0.3, -0.25) is 14.2 Å². The highest BCUT2D eigenvalue weighted by Crippen LogP contribution is 2.43. The molecule has 0 aromatic heterocycles. The molecule has 0 saturated heterocycles. The highest BCUT2D eigenvalue weighted by atomic mass is 31.2. The Kier molecular flexibility index (Phi) is 7.03. The van der Waals surface area contributed by atoms with Crippen LogP contribution < -0.4 is 0 Å². The van der Waals surface area contributed by atoms with Crippen LogP contribution in [-0.2, 0) is 28.2 Å². The van der Waals surface area contributed by atoms with Crippen molar-refractivity contribution >= 4 is 19.5 Å². The van der Waals surface area contributed by atoms with Crippen LogP contribution >= 0.6 is 7.60 Å². The van der Waals surface area contributed by atoms with E-state index < -0.39 is 25.5 Å². The van der Waals surface area contributed by atoms with E-state index in [0.717, 1.165) is 7.11 Å². The summed E-state index contributed by atoms with van der Waals surface area (Å²) in [6.45, 7) is 0. The molecule has 0 spiro atoms. The molecule has 0 rings (SSSR count). The maximum Gasteiger partial charge on any atom is 0.328 e. The normalized spacial score (nSPS) is 15.8. The number of methoxy groups -OCH3 is 2. The van der Waals surface area contributed by atoms with Crippen molar-refractivity contribution in [2.45, 2.75) is 12.8 Å². The van der Waals surface area contributed by atoms with Gasteiger partial charge in [0.2, 0.25) is 0 Å². The van der Waals surface area contributed by atoms with Gasteiger partial charge in [0, 0.05) is 13.5 Å². The minimum Gasteiger partial charge on any atom is -0.469 e. The smallest absolute Gasteiger partial charge is 0.328 e. The Morgan fingerprint density at radius 1 is 1.24 bits per heavy atom. The van der Waals surface area contributed by atoms with Gasteiger partial charge in [-0.2, -0.15) is 0 Å². The molecule has 0 aromatic rings. The zero-order valence-electron chi connectivity index (χ0n) is 10.0. The van der Waals surface area contributed by atoms with Crippen LogP contribution in [0.3, 0.4) is 0 Å². The van der Waals surface area contributed by atoms with Gasteiger partial charge >= 0.3 is 19.5 Å². The molecule has 0 fully saturated rings. The molecule has 0 heterocycles. The van der Waals surface area contributed by atoms with E-state index in [1.54, 1.807) is 0 Å². The Hall–Kier alpha value is -0.910. The van der Waals surface area contributed by atoms with Crippen LogP contribution in [-0.4, -0.2) is 44.3 Å². The SMILES string of the molecule is COC(=O)CCC(CP(=O)(O)OC)C(=O)OC. The average molecular weight is 268 g/mol. The van der Waals surface area contributed by atoms with Crippen LogP contribution in [0.5, 0.6) is 0 Å². The van der Waals surface area contributed by atoms with E-state index >= 15 is 0 Å². The maximum absolute atomic E-state index is 11.3. The van der Waals surface area contributed by atoms with Gasteiger partial charge in [-0.05, 0) is 6.42 Å². The first-order chi connectivity index (χ1) is 7.86. The van der Waals surface area contributed by atoms with Crippen molar-refractivity contribution in [1.82, 2.24) is 0 Å². The van der Waals surface area contributed by atoms with Gasteiger partial charge < -0.3 is 18.9 Å². The molecular formula is C9H17O7P. The number of carbonyl (C=O) groups excluding carboxylic acids is 2. The van der Waals surface area contributed by atoms with Crippen molar-refractivity contribution in [3.05, 3.63) is 0 Å². The highest BCUT2D eigenvalue weighted by molar-refractivity contribution is 7.52. The van der Waals surface area contributed by atoms with E-state index in [-0.39, 0.29) is 19.0 Å². The van der Waals surface area contributed by atoms with E-state index in [0.29, 0.717) is 0 Å². The first kappa shape index (κ1) is 16.1.